The van der Waals surface area contributed by atoms with Gasteiger partial charge in [0.2, 0.25) is 0 Å². The number of piperidine rings is 1. The molecule has 0 aliphatic carbocycles. The number of benzene rings is 1. The van der Waals surface area contributed by atoms with Gasteiger partial charge in [0.25, 0.3) is 0 Å². The first-order chi connectivity index (χ1) is 11.1. The second kappa shape index (κ2) is 6.80. The van der Waals surface area contributed by atoms with E-state index in [-0.39, 0.29) is 20.3 Å². The SMILES string of the molecule is N#Cc1c(N2CCCCC2)[se]c(C(=O)c2ccc(Cl)cc2)c1N. The summed E-state index contributed by atoms with van der Waals surface area (Å²) in [5.74, 6) is -0.0982. The molecule has 0 bridgehead atoms. The Morgan fingerprint density at radius 2 is 1.87 bits per heavy atom. The van der Waals surface area contributed by atoms with E-state index < -0.39 is 0 Å². The Kier molecular flexibility index (Phi) is 4.77. The fourth-order valence-corrected chi connectivity index (χ4v) is 5.37. The quantitative estimate of drug-likeness (QED) is 0.644. The molecule has 0 radical (unpaired) electrons. The molecule has 0 unspecified atom stereocenters. The summed E-state index contributed by atoms with van der Waals surface area (Å²) in [6.07, 6.45) is 3.47. The van der Waals surface area contributed by atoms with Crippen LogP contribution < -0.4 is 10.6 Å². The molecule has 0 saturated carbocycles. The first-order valence-electron chi connectivity index (χ1n) is 7.49. The minimum atomic E-state index is -0.219. The molecule has 1 saturated heterocycles. The summed E-state index contributed by atoms with van der Waals surface area (Å²) in [4.78, 5) is 15.0. The minimum absolute atomic E-state index is 0.0982. The van der Waals surface area contributed by atoms with Crippen molar-refractivity contribution >= 4 is 42.1 Å². The summed E-state index contributed by atoms with van der Waals surface area (Å²) < 4.78 is 1.55. The van der Waals surface area contributed by atoms with Gasteiger partial charge in [0, 0.05) is 0 Å². The van der Waals surface area contributed by atoms with E-state index in [1.54, 1.807) is 24.3 Å². The van der Waals surface area contributed by atoms with Crippen molar-refractivity contribution < 1.29 is 4.79 Å². The molecule has 0 atom stereocenters. The van der Waals surface area contributed by atoms with Gasteiger partial charge in [0.05, 0.1) is 0 Å². The molecule has 2 N–H and O–H groups in total. The number of carbonyl (C=O) groups is 1. The van der Waals surface area contributed by atoms with Gasteiger partial charge in [-0.1, -0.05) is 0 Å². The van der Waals surface area contributed by atoms with Crippen molar-refractivity contribution in [2.45, 2.75) is 19.3 Å². The Hall–Kier alpha value is -1.73. The summed E-state index contributed by atoms with van der Waals surface area (Å²) >= 11 is 5.65. The van der Waals surface area contributed by atoms with Crippen molar-refractivity contribution in [3.63, 3.8) is 0 Å². The van der Waals surface area contributed by atoms with Crippen molar-refractivity contribution in [1.29, 1.82) is 5.26 Å². The van der Waals surface area contributed by atoms with Crippen molar-refractivity contribution in [2.24, 2.45) is 0 Å². The van der Waals surface area contributed by atoms with E-state index in [2.05, 4.69) is 11.0 Å². The van der Waals surface area contributed by atoms with E-state index in [0.717, 1.165) is 30.5 Å². The van der Waals surface area contributed by atoms with Crippen molar-refractivity contribution in [3.05, 3.63) is 44.9 Å². The number of hydrogen-bond acceptors (Lipinski definition) is 4. The maximum atomic E-state index is 12.7. The second-order valence-corrected chi connectivity index (χ2v) is 8.05. The van der Waals surface area contributed by atoms with Crippen LogP contribution in [-0.4, -0.2) is 33.4 Å². The number of nitrogens with two attached hydrogens (primary N) is 1. The number of carbonyl (C=O) groups excluding carboxylic acids is 1. The Balaban J connectivity index is 1.99. The van der Waals surface area contributed by atoms with E-state index >= 15 is 0 Å². The third-order valence-corrected chi connectivity index (χ3v) is 6.90. The molecule has 6 heteroatoms. The molecule has 1 aliphatic heterocycles. The molecule has 2 aromatic rings. The summed E-state index contributed by atoms with van der Waals surface area (Å²) in [6.45, 7) is 1.88. The first kappa shape index (κ1) is 16.1. The van der Waals surface area contributed by atoms with Crippen LogP contribution in [0.4, 0.5) is 10.2 Å². The molecular weight excluding hydrogens is 377 g/mol. The number of nitrogen functional groups attached to an aromatic ring is 1. The molecule has 0 amide bonds. The summed E-state index contributed by atoms with van der Waals surface area (Å²) in [5, 5.41) is 10.1. The third-order valence-electron chi connectivity index (χ3n) is 3.99. The standard InChI is InChI=1S/C17H16ClN3OSe/c18-12-6-4-11(5-7-12)15(22)16-14(20)13(10-19)17(23-16)21-8-2-1-3-9-21/h4-7H,1-3,8-9,20H2. The van der Waals surface area contributed by atoms with E-state index in [9.17, 15) is 10.1 Å². The number of anilines is 2. The van der Waals surface area contributed by atoms with Gasteiger partial charge in [-0.15, -0.1) is 0 Å². The Bertz CT molecular complexity index is 770. The topological polar surface area (TPSA) is 70.1 Å². The molecular formula is C17H16ClN3OSe. The van der Waals surface area contributed by atoms with E-state index in [1.807, 2.05) is 0 Å². The summed E-state index contributed by atoms with van der Waals surface area (Å²) in [6, 6.07) is 8.99. The fourth-order valence-electron chi connectivity index (χ4n) is 2.76. The van der Waals surface area contributed by atoms with Gasteiger partial charge >= 0.3 is 146 Å². The molecule has 0 spiro atoms. The van der Waals surface area contributed by atoms with E-state index in [0.29, 0.717) is 26.3 Å². The molecule has 4 nitrogen and oxygen atoms in total. The Morgan fingerprint density at radius 1 is 1.22 bits per heavy atom. The van der Waals surface area contributed by atoms with Crippen LogP contribution in [0.3, 0.4) is 0 Å². The van der Waals surface area contributed by atoms with Gasteiger partial charge in [0.15, 0.2) is 0 Å². The predicted molar refractivity (Wildman–Crippen MR) is 93.5 cm³/mol. The van der Waals surface area contributed by atoms with Crippen molar-refractivity contribution in [3.8, 4) is 6.07 Å². The molecule has 1 fully saturated rings. The zero-order valence-corrected chi connectivity index (χ0v) is 15.0. The number of nitrogens with zero attached hydrogens (tertiary/aromatic N) is 2. The van der Waals surface area contributed by atoms with Crippen LogP contribution in [0, 0.1) is 11.3 Å². The molecule has 1 aromatic carbocycles. The van der Waals surface area contributed by atoms with Crippen LogP contribution in [0.1, 0.15) is 39.6 Å². The summed E-state index contributed by atoms with van der Waals surface area (Å²) in [5.41, 5.74) is 7.55. The zero-order valence-electron chi connectivity index (χ0n) is 12.5. The number of ketones is 1. The zero-order chi connectivity index (χ0) is 16.4. The van der Waals surface area contributed by atoms with Crippen LogP contribution in [0.5, 0.6) is 0 Å². The average Bonchev–Trinajstić information content (AvgIpc) is 2.92. The fraction of sp³-hybridized carbons (Fsp3) is 0.294. The number of hydrogen-bond donors (Lipinski definition) is 1. The first-order valence-corrected chi connectivity index (χ1v) is 9.58. The van der Waals surface area contributed by atoms with Crippen molar-refractivity contribution in [2.75, 3.05) is 23.7 Å². The monoisotopic (exact) mass is 393 g/mol. The summed E-state index contributed by atoms with van der Waals surface area (Å²) in [7, 11) is 0. The third kappa shape index (κ3) is 3.16. The number of rotatable bonds is 3. The van der Waals surface area contributed by atoms with Gasteiger partial charge in [-0.3, -0.25) is 0 Å². The molecule has 1 aromatic heterocycles. The van der Waals surface area contributed by atoms with Crippen molar-refractivity contribution in [1.82, 2.24) is 0 Å². The molecule has 2 heterocycles. The van der Waals surface area contributed by atoms with Gasteiger partial charge in [-0.25, -0.2) is 0 Å². The van der Waals surface area contributed by atoms with E-state index in [4.69, 9.17) is 17.3 Å². The molecule has 3 rings (SSSR count). The Morgan fingerprint density at radius 3 is 2.48 bits per heavy atom. The Labute approximate surface area is 146 Å². The van der Waals surface area contributed by atoms with Crippen LogP contribution in [0.2, 0.25) is 5.02 Å². The predicted octanol–water partition coefficient (Wildman–Crippen LogP) is 3.07. The van der Waals surface area contributed by atoms with E-state index in [1.165, 1.54) is 6.42 Å². The van der Waals surface area contributed by atoms with Crippen LogP contribution >= 0.6 is 11.6 Å². The van der Waals surface area contributed by atoms with Crippen LogP contribution in [0.15, 0.2) is 24.3 Å². The second-order valence-electron chi connectivity index (χ2n) is 5.52. The van der Waals surface area contributed by atoms with Gasteiger partial charge in [0.1, 0.15) is 0 Å². The van der Waals surface area contributed by atoms with Crippen LogP contribution in [-0.2, 0) is 0 Å². The van der Waals surface area contributed by atoms with Gasteiger partial charge < -0.3 is 0 Å². The molecule has 118 valence electrons. The number of halogens is 1. The van der Waals surface area contributed by atoms with Crippen LogP contribution in [0.25, 0.3) is 0 Å². The molecule has 23 heavy (non-hydrogen) atoms. The normalized spacial score (nSPS) is 14.5. The van der Waals surface area contributed by atoms with Gasteiger partial charge in [-0.2, -0.15) is 0 Å². The molecule has 1 aliphatic rings. The average molecular weight is 393 g/mol. The van der Waals surface area contributed by atoms with Gasteiger partial charge in [-0.05, 0) is 0 Å². The number of nitriles is 1. The maximum absolute atomic E-state index is 12.7.